The summed E-state index contributed by atoms with van der Waals surface area (Å²) in [6, 6.07) is 56.7. The van der Waals surface area contributed by atoms with Gasteiger partial charge in [0.2, 0.25) is 0 Å². The molecule has 11 aromatic rings. The van der Waals surface area contributed by atoms with Gasteiger partial charge in [-0.1, -0.05) is 121 Å². The molecule has 228 valence electrons. The summed E-state index contributed by atoms with van der Waals surface area (Å²) in [7, 11) is 0. The van der Waals surface area contributed by atoms with Crippen LogP contribution in [-0.4, -0.2) is 4.57 Å². The maximum atomic E-state index is 6.76. The van der Waals surface area contributed by atoms with Crippen LogP contribution in [0.2, 0.25) is 0 Å². The van der Waals surface area contributed by atoms with Crippen LogP contribution in [0, 0.1) is 0 Å². The Hall–Kier alpha value is -6.58. The smallest absolute Gasteiger partial charge is 0.178 e. The average Bonchev–Trinajstić information content (AvgIpc) is 3.88. The molecule has 0 amide bonds. The van der Waals surface area contributed by atoms with E-state index in [1.165, 1.54) is 60.0 Å². The summed E-state index contributed by atoms with van der Waals surface area (Å²) < 4.78 is 15.1. The molecular formula is C46H27NO2. The predicted molar refractivity (Wildman–Crippen MR) is 204 cm³/mol. The summed E-state index contributed by atoms with van der Waals surface area (Å²) in [5, 5.41) is 10.5. The van der Waals surface area contributed by atoms with Gasteiger partial charge in [0.05, 0.1) is 17.3 Å². The molecule has 0 aliphatic heterocycles. The summed E-state index contributed by atoms with van der Waals surface area (Å²) in [6.45, 7) is 0. The van der Waals surface area contributed by atoms with Crippen molar-refractivity contribution < 1.29 is 8.83 Å². The number of fused-ring (bicyclic) bond motifs is 10. The Balaban J connectivity index is 1.24. The van der Waals surface area contributed by atoms with Crippen LogP contribution < -0.4 is 0 Å². The predicted octanol–water partition coefficient (Wildman–Crippen LogP) is 13.1. The standard InChI is InChI=1S/C46H27NO2/c1-2-11-30(12-3-1)47-40-20-9-8-13-31(40)32-23-22-29(27-41(32)47)42-33-14-4-6-16-35(33)43(36-17-7-5-15-34(36)42)39-19-10-18-37-38-24-21-28-25-26-48-44(28)46(38)49-45(37)39/h1-27H. The van der Waals surface area contributed by atoms with Crippen LogP contribution >= 0.6 is 0 Å². The zero-order chi connectivity index (χ0) is 32.1. The van der Waals surface area contributed by atoms with Crippen LogP contribution in [0.15, 0.2) is 173 Å². The monoisotopic (exact) mass is 625 g/mol. The Bertz CT molecular complexity index is 3050. The molecule has 0 unspecified atom stereocenters. The van der Waals surface area contributed by atoms with Crippen LogP contribution in [0.1, 0.15) is 0 Å². The van der Waals surface area contributed by atoms with Crippen molar-refractivity contribution in [2.75, 3.05) is 0 Å². The lowest BCUT2D eigenvalue weighted by molar-refractivity contribution is 0.600. The molecule has 0 spiro atoms. The minimum Gasteiger partial charge on any atom is -0.460 e. The molecule has 0 aliphatic rings. The summed E-state index contributed by atoms with van der Waals surface area (Å²) in [6.07, 6.45) is 1.73. The number of hydrogen-bond acceptors (Lipinski definition) is 2. The van der Waals surface area contributed by atoms with Crippen molar-refractivity contribution in [3.05, 3.63) is 164 Å². The van der Waals surface area contributed by atoms with Gasteiger partial charge in [-0.15, -0.1) is 0 Å². The van der Waals surface area contributed by atoms with Crippen molar-refractivity contribution in [2.45, 2.75) is 0 Å². The summed E-state index contributed by atoms with van der Waals surface area (Å²) in [4.78, 5) is 0. The van der Waals surface area contributed by atoms with E-state index in [0.717, 1.165) is 44.2 Å². The van der Waals surface area contributed by atoms with Crippen molar-refractivity contribution in [3.63, 3.8) is 0 Å². The fourth-order valence-electron chi connectivity index (χ4n) is 8.19. The molecule has 0 saturated heterocycles. The summed E-state index contributed by atoms with van der Waals surface area (Å²) >= 11 is 0. The van der Waals surface area contributed by atoms with Gasteiger partial charge < -0.3 is 13.4 Å². The third kappa shape index (κ3) is 3.67. The van der Waals surface area contributed by atoms with Gasteiger partial charge in [0, 0.05) is 43.7 Å². The zero-order valence-corrected chi connectivity index (χ0v) is 26.4. The van der Waals surface area contributed by atoms with Crippen LogP contribution in [-0.2, 0) is 0 Å². The Morgan fingerprint density at radius 3 is 1.78 bits per heavy atom. The lowest BCUT2D eigenvalue weighted by Gasteiger charge is -2.18. The van der Waals surface area contributed by atoms with Crippen LogP contribution in [0.3, 0.4) is 0 Å². The van der Waals surface area contributed by atoms with E-state index >= 15 is 0 Å². The van der Waals surface area contributed by atoms with Crippen LogP contribution in [0.4, 0.5) is 0 Å². The molecule has 3 heterocycles. The molecule has 0 aliphatic carbocycles. The molecule has 3 heteroatoms. The van der Waals surface area contributed by atoms with E-state index in [1.807, 2.05) is 6.07 Å². The first-order valence-corrected chi connectivity index (χ1v) is 16.7. The quantitative estimate of drug-likeness (QED) is 0.183. The molecule has 3 aromatic heterocycles. The Kier molecular flexibility index (Phi) is 5.38. The third-order valence-corrected chi connectivity index (χ3v) is 10.3. The van der Waals surface area contributed by atoms with Crippen molar-refractivity contribution >= 4 is 76.3 Å². The normalized spacial score (nSPS) is 12.1. The van der Waals surface area contributed by atoms with Gasteiger partial charge in [-0.25, -0.2) is 0 Å². The molecule has 0 atom stereocenters. The van der Waals surface area contributed by atoms with Gasteiger partial charge in [-0.3, -0.25) is 0 Å². The van der Waals surface area contributed by atoms with E-state index in [-0.39, 0.29) is 0 Å². The first kappa shape index (κ1) is 26.5. The van der Waals surface area contributed by atoms with E-state index in [1.54, 1.807) is 6.26 Å². The lowest BCUT2D eigenvalue weighted by atomic mass is 9.85. The summed E-state index contributed by atoms with van der Waals surface area (Å²) in [5.41, 5.74) is 10.7. The number of rotatable bonds is 3. The molecule has 0 fully saturated rings. The van der Waals surface area contributed by atoms with Gasteiger partial charge in [0.1, 0.15) is 5.58 Å². The fraction of sp³-hybridized carbons (Fsp3) is 0. The maximum absolute atomic E-state index is 6.76. The Morgan fingerprint density at radius 1 is 0.388 bits per heavy atom. The zero-order valence-electron chi connectivity index (χ0n) is 26.4. The molecule has 11 rings (SSSR count). The van der Waals surface area contributed by atoms with Gasteiger partial charge in [-0.2, -0.15) is 0 Å². The second-order valence-corrected chi connectivity index (χ2v) is 12.8. The summed E-state index contributed by atoms with van der Waals surface area (Å²) in [5.74, 6) is 0. The van der Waals surface area contributed by atoms with Crippen LogP contribution in [0.5, 0.6) is 0 Å². The number of furan rings is 2. The van der Waals surface area contributed by atoms with E-state index in [0.29, 0.717) is 0 Å². The third-order valence-electron chi connectivity index (χ3n) is 10.3. The number of aromatic nitrogens is 1. The first-order valence-electron chi connectivity index (χ1n) is 16.7. The highest BCUT2D eigenvalue weighted by Crippen LogP contribution is 2.47. The number of para-hydroxylation sites is 3. The molecule has 0 radical (unpaired) electrons. The highest BCUT2D eigenvalue weighted by molar-refractivity contribution is 6.25. The highest BCUT2D eigenvalue weighted by Gasteiger charge is 2.22. The van der Waals surface area contributed by atoms with E-state index in [4.69, 9.17) is 8.83 Å². The molecule has 8 aromatic carbocycles. The lowest BCUT2D eigenvalue weighted by Crippen LogP contribution is -1.94. The average molecular weight is 626 g/mol. The second kappa shape index (κ2) is 9.96. The van der Waals surface area contributed by atoms with Crippen molar-refractivity contribution in [3.8, 4) is 27.9 Å². The number of hydrogen-bond donors (Lipinski definition) is 0. The van der Waals surface area contributed by atoms with E-state index in [9.17, 15) is 0 Å². The molecular weight excluding hydrogens is 599 g/mol. The Morgan fingerprint density at radius 2 is 1.00 bits per heavy atom. The van der Waals surface area contributed by atoms with Gasteiger partial charge in [0.25, 0.3) is 0 Å². The fourth-order valence-corrected chi connectivity index (χ4v) is 8.19. The van der Waals surface area contributed by atoms with Gasteiger partial charge >= 0.3 is 0 Å². The minimum absolute atomic E-state index is 0.785. The molecule has 0 bridgehead atoms. The van der Waals surface area contributed by atoms with Gasteiger partial charge in [0.15, 0.2) is 11.2 Å². The topological polar surface area (TPSA) is 31.2 Å². The number of benzene rings is 8. The van der Waals surface area contributed by atoms with Crippen LogP contribution in [0.25, 0.3) is 104 Å². The Labute approximate surface area is 280 Å². The van der Waals surface area contributed by atoms with E-state index < -0.39 is 0 Å². The molecule has 0 N–H and O–H groups in total. The second-order valence-electron chi connectivity index (χ2n) is 12.8. The first-order chi connectivity index (χ1) is 24.3. The van der Waals surface area contributed by atoms with E-state index in [2.05, 4.69) is 156 Å². The largest absolute Gasteiger partial charge is 0.460 e. The number of nitrogens with zero attached hydrogens (tertiary/aromatic N) is 1. The van der Waals surface area contributed by atoms with Crippen molar-refractivity contribution in [2.24, 2.45) is 0 Å². The maximum Gasteiger partial charge on any atom is 0.178 e. The molecule has 0 saturated carbocycles. The van der Waals surface area contributed by atoms with Crippen molar-refractivity contribution in [1.29, 1.82) is 0 Å². The molecule has 49 heavy (non-hydrogen) atoms. The SMILES string of the molecule is c1ccc(-n2c3ccccc3c3ccc(-c4c5ccccc5c(-c5cccc6c5oc5c6ccc6ccoc65)c5ccccc45)cc32)cc1. The minimum atomic E-state index is 0.785. The highest BCUT2D eigenvalue weighted by atomic mass is 16.4. The van der Waals surface area contributed by atoms with Crippen molar-refractivity contribution in [1.82, 2.24) is 4.57 Å². The van der Waals surface area contributed by atoms with Gasteiger partial charge in [-0.05, 0) is 69.1 Å². The molecule has 3 nitrogen and oxygen atoms in total.